The molecule has 9 heteroatoms. The van der Waals surface area contributed by atoms with Gasteiger partial charge in [-0.15, -0.1) is 5.10 Å². The van der Waals surface area contributed by atoms with Crippen molar-refractivity contribution < 1.29 is 4.79 Å². The second-order valence-corrected chi connectivity index (χ2v) is 9.41. The Bertz CT molecular complexity index is 1650. The average Bonchev–Trinajstić information content (AvgIpc) is 3.46. The molecule has 2 aromatic carbocycles. The Morgan fingerprint density at radius 2 is 1.85 bits per heavy atom. The van der Waals surface area contributed by atoms with Crippen LogP contribution in [0.25, 0.3) is 21.9 Å². The molecule has 3 aromatic heterocycles. The third-order valence-corrected chi connectivity index (χ3v) is 6.99. The van der Waals surface area contributed by atoms with E-state index in [0.29, 0.717) is 27.4 Å². The molecular weight excluding hydrogens is 502 g/mol. The Balaban J connectivity index is 1.53. The van der Waals surface area contributed by atoms with Crippen LogP contribution in [0.3, 0.4) is 0 Å². The number of carbonyl (C=O) groups excluding carboxylic acids is 1. The van der Waals surface area contributed by atoms with Gasteiger partial charge in [0, 0.05) is 28.0 Å². The van der Waals surface area contributed by atoms with E-state index in [2.05, 4.69) is 31.0 Å². The molecule has 33 heavy (non-hydrogen) atoms. The van der Waals surface area contributed by atoms with E-state index in [1.807, 2.05) is 54.6 Å². The molecule has 1 aliphatic rings. The molecule has 7 nitrogen and oxygen atoms in total. The van der Waals surface area contributed by atoms with Crippen LogP contribution in [0, 0.1) is 0 Å². The van der Waals surface area contributed by atoms with E-state index >= 15 is 0 Å². The van der Waals surface area contributed by atoms with Crippen molar-refractivity contribution in [2.24, 2.45) is 0 Å². The lowest BCUT2D eigenvalue weighted by Gasteiger charge is -2.17. The zero-order valence-electron chi connectivity index (χ0n) is 17.0. The number of thiazole rings is 1. The molecule has 1 aliphatic heterocycles. The Hall–Kier alpha value is -3.69. The lowest BCUT2D eigenvalue weighted by atomic mass is 10.1. The molecule has 0 spiro atoms. The summed E-state index contributed by atoms with van der Waals surface area (Å²) in [4.78, 5) is 37.7. The predicted molar refractivity (Wildman–Crippen MR) is 130 cm³/mol. The van der Waals surface area contributed by atoms with E-state index in [0.717, 1.165) is 26.9 Å². The Morgan fingerprint density at radius 3 is 2.61 bits per heavy atom. The summed E-state index contributed by atoms with van der Waals surface area (Å²) in [5.41, 5.74) is 3.26. The molecule has 6 rings (SSSR count). The first-order valence-electron chi connectivity index (χ1n) is 10.1. The third-order valence-electron chi connectivity index (χ3n) is 5.47. The zero-order chi connectivity index (χ0) is 22.5. The number of amides is 1. The van der Waals surface area contributed by atoms with Gasteiger partial charge >= 0.3 is 0 Å². The fraction of sp³-hybridized carbons (Fsp3) is 0.0417. The lowest BCUT2D eigenvalue weighted by Crippen LogP contribution is -2.32. The number of nitrogens with zero attached hydrogens (tertiary/aromatic N) is 5. The molecule has 0 aliphatic carbocycles. The number of benzene rings is 2. The smallest absolute Gasteiger partial charge is 0.291 e. The number of hydrogen-bond donors (Lipinski definition) is 0. The van der Waals surface area contributed by atoms with Crippen molar-refractivity contribution >= 4 is 49.4 Å². The summed E-state index contributed by atoms with van der Waals surface area (Å²) >= 11 is 4.67. The van der Waals surface area contributed by atoms with Crippen molar-refractivity contribution in [3.63, 3.8) is 0 Å². The van der Waals surface area contributed by atoms with Crippen LogP contribution in [0.2, 0.25) is 0 Å². The lowest BCUT2D eigenvalue weighted by molar-refractivity contribution is -0.113. The molecule has 0 fully saturated rings. The molecule has 5 aromatic rings. The first-order chi connectivity index (χ1) is 16.1. The fourth-order valence-electron chi connectivity index (χ4n) is 3.95. The second kappa shape index (κ2) is 7.72. The third kappa shape index (κ3) is 3.28. The molecule has 1 amide bonds. The van der Waals surface area contributed by atoms with Gasteiger partial charge in [0.15, 0.2) is 5.82 Å². The van der Waals surface area contributed by atoms with Gasteiger partial charge in [0.25, 0.3) is 11.5 Å². The number of aromatic nitrogens is 4. The molecule has 0 bridgehead atoms. The molecule has 160 valence electrons. The number of hydrogen-bond acceptors (Lipinski definition) is 6. The average molecular weight is 516 g/mol. The first kappa shape index (κ1) is 20.0. The molecular formula is C24H14BrN5O2S. The van der Waals surface area contributed by atoms with Gasteiger partial charge in [-0.2, -0.15) is 9.50 Å². The highest BCUT2D eigenvalue weighted by atomic mass is 79.9. The Morgan fingerprint density at radius 1 is 1.00 bits per heavy atom. The SMILES string of the molecule is O=C1C(=c2sc3nc(-c4cccnc4)nn3c2=O)c2cc(Br)ccc2N1Cc1ccccc1. The van der Waals surface area contributed by atoms with Crippen LogP contribution in [-0.2, 0) is 11.3 Å². The van der Waals surface area contributed by atoms with Gasteiger partial charge < -0.3 is 4.90 Å². The maximum Gasteiger partial charge on any atom is 0.291 e. The monoisotopic (exact) mass is 515 g/mol. The number of carbonyl (C=O) groups is 1. The molecule has 4 heterocycles. The van der Waals surface area contributed by atoms with Crippen LogP contribution in [-0.4, -0.2) is 25.5 Å². The highest BCUT2D eigenvalue weighted by Gasteiger charge is 2.34. The fourth-order valence-corrected chi connectivity index (χ4v) is 5.31. The van der Waals surface area contributed by atoms with E-state index in [1.54, 1.807) is 23.4 Å². The van der Waals surface area contributed by atoms with Gasteiger partial charge in [-0.1, -0.05) is 57.6 Å². The number of anilines is 1. The van der Waals surface area contributed by atoms with Crippen molar-refractivity contribution in [3.8, 4) is 11.4 Å². The van der Waals surface area contributed by atoms with E-state index in [-0.39, 0.29) is 11.5 Å². The Kier molecular flexibility index (Phi) is 4.67. The molecule has 0 N–H and O–H groups in total. The number of fused-ring (bicyclic) bond motifs is 2. The Labute approximate surface area is 199 Å². The van der Waals surface area contributed by atoms with E-state index in [4.69, 9.17) is 0 Å². The van der Waals surface area contributed by atoms with Crippen LogP contribution in [0.15, 0.2) is 82.3 Å². The van der Waals surface area contributed by atoms with Crippen LogP contribution in [0.1, 0.15) is 11.1 Å². The van der Waals surface area contributed by atoms with Gasteiger partial charge in [0.2, 0.25) is 4.96 Å². The summed E-state index contributed by atoms with van der Waals surface area (Å²) in [7, 11) is 0. The number of halogens is 1. The van der Waals surface area contributed by atoms with Gasteiger partial charge in [-0.05, 0) is 35.9 Å². The maximum absolute atomic E-state index is 13.6. The van der Waals surface area contributed by atoms with Crippen molar-refractivity contribution in [1.29, 1.82) is 0 Å². The van der Waals surface area contributed by atoms with E-state index in [1.165, 1.54) is 15.9 Å². The van der Waals surface area contributed by atoms with Crippen molar-refractivity contribution in [3.05, 3.63) is 104 Å². The summed E-state index contributed by atoms with van der Waals surface area (Å²) < 4.78 is 2.43. The molecule has 0 atom stereocenters. The van der Waals surface area contributed by atoms with Crippen LogP contribution >= 0.6 is 27.3 Å². The van der Waals surface area contributed by atoms with Gasteiger partial charge in [-0.3, -0.25) is 14.6 Å². The number of pyridine rings is 1. The van der Waals surface area contributed by atoms with Crippen molar-refractivity contribution in [2.75, 3.05) is 4.90 Å². The van der Waals surface area contributed by atoms with Gasteiger partial charge in [0.05, 0.1) is 17.8 Å². The largest absolute Gasteiger partial charge is 0.303 e. The molecule has 0 saturated heterocycles. The van der Waals surface area contributed by atoms with Crippen LogP contribution in [0.5, 0.6) is 0 Å². The summed E-state index contributed by atoms with van der Waals surface area (Å²) in [6, 6.07) is 19.1. The van der Waals surface area contributed by atoms with Gasteiger partial charge in [0.1, 0.15) is 4.53 Å². The summed E-state index contributed by atoms with van der Waals surface area (Å²) in [5.74, 6) is 0.218. The van der Waals surface area contributed by atoms with Gasteiger partial charge in [-0.25, -0.2) is 0 Å². The minimum atomic E-state index is -0.353. The van der Waals surface area contributed by atoms with E-state index < -0.39 is 0 Å². The molecule has 0 saturated carbocycles. The van der Waals surface area contributed by atoms with Crippen LogP contribution < -0.4 is 15.0 Å². The normalized spacial score (nSPS) is 14.8. The predicted octanol–water partition coefficient (Wildman–Crippen LogP) is 3.44. The quantitative estimate of drug-likeness (QED) is 0.367. The zero-order valence-corrected chi connectivity index (χ0v) is 19.4. The molecule has 0 unspecified atom stereocenters. The standard InChI is InChI=1S/C24H14BrN5O2S/c25-16-8-9-18-17(11-16)19(22(31)29(18)13-14-5-2-1-3-6-14)20-23(32)30-24(33-20)27-21(28-30)15-7-4-10-26-12-15/h1-12H,13H2. The van der Waals surface area contributed by atoms with Crippen molar-refractivity contribution in [2.45, 2.75) is 6.54 Å². The maximum atomic E-state index is 13.6. The summed E-state index contributed by atoms with van der Waals surface area (Å²) in [6.45, 7) is 0.415. The summed E-state index contributed by atoms with van der Waals surface area (Å²) in [5, 5.41) is 4.38. The highest BCUT2D eigenvalue weighted by Crippen LogP contribution is 2.38. The highest BCUT2D eigenvalue weighted by molar-refractivity contribution is 9.10. The molecule has 0 radical (unpaired) electrons. The summed E-state index contributed by atoms with van der Waals surface area (Å²) in [6.07, 6.45) is 3.31. The minimum absolute atomic E-state index is 0.207. The minimum Gasteiger partial charge on any atom is -0.303 e. The van der Waals surface area contributed by atoms with E-state index in [9.17, 15) is 9.59 Å². The second-order valence-electron chi connectivity index (χ2n) is 7.52. The number of rotatable bonds is 3. The first-order valence-corrected chi connectivity index (χ1v) is 11.7. The van der Waals surface area contributed by atoms with Crippen molar-refractivity contribution in [1.82, 2.24) is 19.6 Å². The van der Waals surface area contributed by atoms with Crippen LogP contribution in [0.4, 0.5) is 5.69 Å². The topological polar surface area (TPSA) is 80.5 Å².